The molecule has 2 aromatic heterocycles. The molecule has 0 spiro atoms. The molecule has 1 N–H and O–H groups in total. The minimum absolute atomic E-state index is 0.0496. The van der Waals surface area contributed by atoms with Crippen molar-refractivity contribution in [3.05, 3.63) is 54.4 Å². The zero-order chi connectivity index (χ0) is 18.9. The fourth-order valence-corrected chi connectivity index (χ4v) is 3.29. The average molecular weight is 373 g/mol. The van der Waals surface area contributed by atoms with Gasteiger partial charge < -0.3 is 10.1 Å². The fraction of sp³-hybridized carbons (Fsp3) is 0.222. The number of fused-ring (bicyclic) bond motifs is 1. The van der Waals surface area contributed by atoms with Crippen LogP contribution in [-0.2, 0) is 9.84 Å². The van der Waals surface area contributed by atoms with Gasteiger partial charge in [0.25, 0.3) is 5.91 Å². The van der Waals surface area contributed by atoms with Crippen LogP contribution in [0.25, 0.3) is 5.52 Å². The normalized spacial score (nSPS) is 11.7. The topological polar surface area (TPSA) is 89.8 Å². The summed E-state index contributed by atoms with van der Waals surface area (Å²) in [7, 11) is -3.58. The summed E-state index contributed by atoms with van der Waals surface area (Å²) in [5.74, 6) is 0.214. The Morgan fingerprint density at radius 1 is 1.15 bits per heavy atom. The van der Waals surface area contributed by atoms with Crippen molar-refractivity contribution in [1.82, 2.24) is 9.38 Å². The summed E-state index contributed by atoms with van der Waals surface area (Å²) in [5.41, 5.74) is 1.03. The molecule has 1 amide bonds. The van der Waals surface area contributed by atoms with Gasteiger partial charge in [0.05, 0.1) is 11.6 Å². The number of pyridine rings is 1. The maximum atomic E-state index is 12.6. The molecular formula is C18H19N3O4S. The Kier molecular flexibility index (Phi) is 4.69. The largest absolute Gasteiger partial charge is 0.491 e. The van der Waals surface area contributed by atoms with Crippen LogP contribution in [0.5, 0.6) is 5.75 Å². The number of benzene rings is 1. The van der Waals surface area contributed by atoms with E-state index in [0.29, 0.717) is 17.0 Å². The van der Waals surface area contributed by atoms with E-state index in [1.807, 2.05) is 13.8 Å². The molecule has 0 bridgehead atoms. The van der Waals surface area contributed by atoms with E-state index in [-0.39, 0.29) is 17.0 Å². The van der Waals surface area contributed by atoms with Crippen molar-refractivity contribution in [3.8, 4) is 5.75 Å². The van der Waals surface area contributed by atoms with Gasteiger partial charge in [0.1, 0.15) is 5.75 Å². The lowest BCUT2D eigenvalue weighted by atomic mass is 10.2. The molecule has 0 atom stereocenters. The van der Waals surface area contributed by atoms with Crippen LogP contribution in [0.1, 0.15) is 24.3 Å². The van der Waals surface area contributed by atoms with Gasteiger partial charge in [-0.2, -0.15) is 0 Å². The number of imidazole rings is 1. The van der Waals surface area contributed by atoms with Crippen molar-refractivity contribution in [2.24, 2.45) is 0 Å². The third kappa shape index (κ3) is 3.70. The van der Waals surface area contributed by atoms with Crippen LogP contribution >= 0.6 is 0 Å². The molecule has 0 radical (unpaired) electrons. The van der Waals surface area contributed by atoms with Gasteiger partial charge in [-0.15, -0.1) is 0 Å². The SMILES string of the molecule is CC(C)Oc1ccc(NC(=O)c2nc(S(C)(=O)=O)n3ccccc23)cc1. The van der Waals surface area contributed by atoms with E-state index >= 15 is 0 Å². The van der Waals surface area contributed by atoms with Crippen molar-refractivity contribution in [3.63, 3.8) is 0 Å². The van der Waals surface area contributed by atoms with E-state index < -0.39 is 15.7 Å². The summed E-state index contributed by atoms with van der Waals surface area (Å²) in [5, 5.41) is 2.56. The highest BCUT2D eigenvalue weighted by atomic mass is 32.2. The molecule has 26 heavy (non-hydrogen) atoms. The molecule has 0 fully saturated rings. The zero-order valence-corrected chi connectivity index (χ0v) is 15.4. The number of ether oxygens (including phenoxy) is 1. The molecule has 8 heteroatoms. The Hall–Kier alpha value is -2.87. The number of rotatable bonds is 5. The predicted molar refractivity (Wildman–Crippen MR) is 98.5 cm³/mol. The number of sulfone groups is 1. The Morgan fingerprint density at radius 3 is 2.46 bits per heavy atom. The van der Waals surface area contributed by atoms with E-state index in [1.165, 1.54) is 4.40 Å². The maximum absolute atomic E-state index is 12.6. The van der Waals surface area contributed by atoms with Crippen LogP contribution in [0, 0.1) is 0 Å². The Labute approximate surface area is 151 Å². The molecule has 7 nitrogen and oxygen atoms in total. The molecular weight excluding hydrogens is 354 g/mol. The molecule has 0 aliphatic heterocycles. The minimum Gasteiger partial charge on any atom is -0.491 e. The van der Waals surface area contributed by atoms with E-state index in [4.69, 9.17) is 4.74 Å². The number of anilines is 1. The number of nitrogens with zero attached hydrogens (tertiary/aromatic N) is 2. The first-order valence-corrected chi connectivity index (χ1v) is 9.90. The summed E-state index contributed by atoms with van der Waals surface area (Å²) < 4.78 is 30.8. The molecule has 3 aromatic rings. The van der Waals surface area contributed by atoms with E-state index in [9.17, 15) is 13.2 Å². The second-order valence-corrected chi connectivity index (χ2v) is 8.03. The van der Waals surface area contributed by atoms with Crippen molar-refractivity contribution < 1.29 is 17.9 Å². The van der Waals surface area contributed by atoms with Crippen LogP contribution in [0.3, 0.4) is 0 Å². The zero-order valence-electron chi connectivity index (χ0n) is 14.6. The summed E-state index contributed by atoms with van der Waals surface area (Å²) in [6, 6.07) is 12.0. The molecule has 3 rings (SSSR count). The van der Waals surface area contributed by atoms with E-state index in [1.54, 1.807) is 48.7 Å². The second kappa shape index (κ2) is 6.80. The van der Waals surface area contributed by atoms with Crippen LogP contribution in [-0.4, -0.2) is 36.1 Å². The Bertz CT molecular complexity index is 1050. The Balaban J connectivity index is 1.91. The molecule has 0 saturated heterocycles. The summed E-state index contributed by atoms with van der Waals surface area (Å²) >= 11 is 0. The number of hydrogen-bond acceptors (Lipinski definition) is 5. The molecule has 136 valence electrons. The van der Waals surface area contributed by atoms with Gasteiger partial charge >= 0.3 is 0 Å². The van der Waals surface area contributed by atoms with Gasteiger partial charge in [0, 0.05) is 18.1 Å². The molecule has 0 saturated carbocycles. The van der Waals surface area contributed by atoms with Crippen molar-refractivity contribution in [1.29, 1.82) is 0 Å². The molecule has 0 unspecified atom stereocenters. The third-order valence-electron chi connectivity index (χ3n) is 3.55. The average Bonchev–Trinajstić information content (AvgIpc) is 2.96. The first-order chi connectivity index (χ1) is 12.3. The highest BCUT2D eigenvalue weighted by molar-refractivity contribution is 7.90. The number of nitrogens with one attached hydrogen (secondary N) is 1. The third-order valence-corrected chi connectivity index (χ3v) is 4.50. The Morgan fingerprint density at radius 2 is 1.85 bits per heavy atom. The quantitative estimate of drug-likeness (QED) is 0.743. The predicted octanol–water partition coefficient (Wildman–Crippen LogP) is 2.78. The van der Waals surface area contributed by atoms with Gasteiger partial charge in [-0.1, -0.05) is 6.07 Å². The second-order valence-electron chi connectivity index (χ2n) is 6.12. The van der Waals surface area contributed by atoms with Gasteiger partial charge in [-0.05, 0) is 50.2 Å². The smallest absolute Gasteiger partial charge is 0.276 e. The van der Waals surface area contributed by atoms with Gasteiger partial charge in [0.2, 0.25) is 15.0 Å². The lowest BCUT2D eigenvalue weighted by Crippen LogP contribution is -2.13. The fourth-order valence-electron chi connectivity index (χ4n) is 2.52. The van der Waals surface area contributed by atoms with Crippen LogP contribution in [0.2, 0.25) is 0 Å². The first-order valence-electron chi connectivity index (χ1n) is 8.01. The van der Waals surface area contributed by atoms with Gasteiger partial charge in [-0.25, -0.2) is 13.4 Å². The van der Waals surface area contributed by atoms with Gasteiger partial charge in [0.15, 0.2) is 5.69 Å². The molecule has 2 heterocycles. The van der Waals surface area contributed by atoms with Crippen molar-refractivity contribution >= 4 is 26.9 Å². The van der Waals surface area contributed by atoms with Crippen LogP contribution in [0.4, 0.5) is 5.69 Å². The number of carbonyl (C=O) groups excluding carboxylic acids is 1. The van der Waals surface area contributed by atoms with Crippen molar-refractivity contribution in [2.45, 2.75) is 25.1 Å². The number of hydrogen-bond donors (Lipinski definition) is 1. The summed E-state index contributed by atoms with van der Waals surface area (Å²) in [6.45, 7) is 3.86. The molecule has 1 aromatic carbocycles. The van der Waals surface area contributed by atoms with Crippen molar-refractivity contribution in [2.75, 3.05) is 11.6 Å². The van der Waals surface area contributed by atoms with Crippen LogP contribution < -0.4 is 10.1 Å². The highest BCUT2D eigenvalue weighted by Crippen LogP contribution is 2.20. The lowest BCUT2D eigenvalue weighted by molar-refractivity contribution is 0.102. The van der Waals surface area contributed by atoms with Crippen LogP contribution in [0.15, 0.2) is 53.8 Å². The number of aromatic nitrogens is 2. The van der Waals surface area contributed by atoms with E-state index in [2.05, 4.69) is 10.3 Å². The monoisotopic (exact) mass is 373 g/mol. The lowest BCUT2D eigenvalue weighted by Gasteiger charge is -2.10. The first kappa shape index (κ1) is 17.9. The van der Waals surface area contributed by atoms with E-state index in [0.717, 1.165) is 6.26 Å². The maximum Gasteiger partial charge on any atom is 0.276 e. The standard InChI is InChI=1S/C18H19N3O4S/c1-12(2)25-14-9-7-13(8-10-14)19-17(22)16-15-6-4-5-11-21(15)18(20-16)26(3,23)24/h4-12H,1-3H3,(H,19,22). The minimum atomic E-state index is -3.58. The summed E-state index contributed by atoms with van der Waals surface area (Å²) in [6.07, 6.45) is 2.68. The molecule has 0 aliphatic carbocycles. The summed E-state index contributed by atoms with van der Waals surface area (Å²) in [4.78, 5) is 16.7. The number of amides is 1. The molecule has 0 aliphatic rings. The highest BCUT2D eigenvalue weighted by Gasteiger charge is 2.22. The number of carbonyl (C=O) groups is 1. The van der Waals surface area contributed by atoms with Gasteiger partial charge in [-0.3, -0.25) is 9.20 Å².